The molecule has 0 aliphatic heterocycles. The van der Waals surface area contributed by atoms with Gasteiger partial charge in [0.05, 0.1) is 12.8 Å². The molecule has 1 amide bonds. The summed E-state index contributed by atoms with van der Waals surface area (Å²) >= 11 is 0. The van der Waals surface area contributed by atoms with E-state index in [1.165, 1.54) is 0 Å². The van der Waals surface area contributed by atoms with Gasteiger partial charge in [-0.05, 0) is 53.8 Å². The Morgan fingerprint density at radius 3 is 2.35 bits per heavy atom. The summed E-state index contributed by atoms with van der Waals surface area (Å²) in [4.78, 5) is 12.1. The maximum Gasteiger partial charge on any atom is 0.277 e. The Bertz CT molecular complexity index is 775. The van der Waals surface area contributed by atoms with E-state index in [0.717, 1.165) is 16.9 Å². The van der Waals surface area contributed by atoms with Crippen molar-refractivity contribution < 1.29 is 14.3 Å². The molecule has 0 spiro atoms. The van der Waals surface area contributed by atoms with Crippen LogP contribution in [0.5, 0.6) is 11.5 Å². The number of hydrogen-bond donors (Lipinski definition) is 1. The normalized spacial score (nSPS) is 11.8. The van der Waals surface area contributed by atoms with Crippen LogP contribution in [0, 0.1) is 0 Å². The van der Waals surface area contributed by atoms with Gasteiger partial charge < -0.3 is 9.47 Å². The Hall–Kier alpha value is -2.82. The fraction of sp³-hybridized carbons (Fsp3) is 0.333. The fourth-order valence-corrected chi connectivity index (χ4v) is 2.43. The highest BCUT2D eigenvalue weighted by Gasteiger charge is 2.18. The summed E-state index contributed by atoms with van der Waals surface area (Å²) in [5.74, 6) is 1.18. The van der Waals surface area contributed by atoms with E-state index in [2.05, 4.69) is 31.3 Å². The van der Waals surface area contributed by atoms with Crippen LogP contribution in [0.2, 0.25) is 0 Å². The third-order valence-corrected chi connectivity index (χ3v) is 3.91. The summed E-state index contributed by atoms with van der Waals surface area (Å²) in [6.07, 6.45) is 0. The molecule has 0 aliphatic rings. The number of rotatable bonds is 6. The van der Waals surface area contributed by atoms with Crippen LogP contribution in [-0.2, 0) is 10.2 Å². The molecule has 0 aliphatic carbocycles. The van der Waals surface area contributed by atoms with E-state index in [-0.39, 0.29) is 17.9 Å². The van der Waals surface area contributed by atoms with Crippen molar-refractivity contribution in [2.24, 2.45) is 5.10 Å². The number of ether oxygens (including phenoxy) is 2. The van der Waals surface area contributed by atoms with Crippen molar-refractivity contribution in [2.75, 3.05) is 13.7 Å². The molecule has 26 heavy (non-hydrogen) atoms. The minimum Gasteiger partial charge on any atom is -0.497 e. The molecule has 0 saturated heterocycles. The van der Waals surface area contributed by atoms with Gasteiger partial charge >= 0.3 is 0 Å². The molecule has 1 N–H and O–H groups in total. The second kappa shape index (κ2) is 8.52. The van der Waals surface area contributed by atoms with Gasteiger partial charge in [0.15, 0.2) is 6.61 Å². The zero-order valence-corrected chi connectivity index (χ0v) is 16.0. The highest BCUT2D eigenvalue weighted by Crippen LogP contribution is 2.30. The molecule has 0 fully saturated rings. The van der Waals surface area contributed by atoms with Crippen LogP contribution in [0.4, 0.5) is 0 Å². The van der Waals surface area contributed by atoms with Gasteiger partial charge in [0.25, 0.3) is 5.91 Å². The molecule has 0 radical (unpaired) electrons. The molecule has 138 valence electrons. The van der Waals surface area contributed by atoms with Crippen LogP contribution in [0.1, 0.15) is 38.8 Å². The van der Waals surface area contributed by atoms with Crippen LogP contribution in [-0.4, -0.2) is 25.3 Å². The average molecular weight is 354 g/mol. The standard InChI is InChI=1S/C21H26N2O3/c1-15(16-10-12-17(25-5)13-11-16)22-23-20(24)14-26-19-9-7-6-8-18(19)21(2,3)4/h6-13H,14H2,1-5H3,(H,23,24)/b22-15+. The van der Waals surface area contributed by atoms with Gasteiger partial charge in [0.2, 0.25) is 0 Å². The average Bonchev–Trinajstić information content (AvgIpc) is 2.64. The van der Waals surface area contributed by atoms with Gasteiger partial charge in [-0.15, -0.1) is 0 Å². The number of methoxy groups -OCH3 is 1. The van der Waals surface area contributed by atoms with Crippen LogP contribution in [0.3, 0.4) is 0 Å². The Kier molecular flexibility index (Phi) is 6.39. The monoisotopic (exact) mass is 354 g/mol. The highest BCUT2D eigenvalue weighted by atomic mass is 16.5. The first-order valence-corrected chi connectivity index (χ1v) is 8.51. The number of nitrogens with one attached hydrogen (secondary N) is 1. The van der Waals surface area contributed by atoms with Gasteiger partial charge in [0.1, 0.15) is 11.5 Å². The Balaban J connectivity index is 1.95. The summed E-state index contributed by atoms with van der Waals surface area (Å²) in [6, 6.07) is 15.2. The van der Waals surface area contributed by atoms with E-state index in [1.807, 2.05) is 55.5 Å². The lowest BCUT2D eigenvalue weighted by atomic mass is 9.86. The largest absolute Gasteiger partial charge is 0.497 e. The van der Waals surface area contributed by atoms with Crippen molar-refractivity contribution >= 4 is 11.6 Å². The van der Waals surface area contributed by atoms with Crippen LogP contribution < -0.4 is 14.9 Å². The van der Waals surface area contributed by atoms with Crippen molar-refractivity contribution in [2.45, 2.75) is 33.1 Å². The molecule has 0 bridgehead atoms. The number of carbonyl (C=O) groups is 1. The minimum atomic E-state index is -0.304. The first kappa shape index (κ1) is 19.5. The molecular weight excluding hydrogens is 328 g/mol. The summed E-state index contributed by atoms with van der Waals surface area (Å²) in [5.41, 5.74) is 5.14. The number of hydrogen-bond acceptors (Lipinski definition) is 4. The molecule has 2 rings (SSSR count). The third kappa shape index (κ3) is 5.34. The first-order valence-electron chi connectivity index (χ1n) is 8.51. The van der Waals surface area contributed by atoms with Crippen molar-refractivity contribution in [1.82, 2.24) is 5.43 Å². The highest BCUT2D eigenvalue weighted by molar-refractivity contribution is 5.99. The molecule has 0 aromatic heterocycles. The molecule has 0 unspecified atom stereocenters. The van der Waals surface area contributed by atoms with Crippen molar-refractivity contribution in [3.63, 3.8) is 0 Å². The fourth-order valence-electron chi connectivity index (χ4n) is 2.43. The van der Waals surface area contributed by atoms with E-state index in [0.29, 0.717) is 11.5 Å². The zero-order chi connectivity index (χ0) is 19.2. The molecule has 2 aromatic rings. The second-order valence-electron chi connectivity index (χ2n) is 7.00. The van der Waals surface area contributed by atoms with E-state index in [4.69, 9.17) is 9.47 Å². The number of para-hydroxylation sites is 1. The molecule has 5 heteroatoms. The molecule has 0 saturated carbocycles. The number of amides is 1. The molecule has 5 nitrogen and oxygen atoms in total. The van der Waals surface area contributed by atoms with Gasteiger partial charge in [-0.2, -0.15) is 5.10 Å². The number of hydrazone groups is 1. The SMILES string of the molecule is COc1ccc(/C(C)=N/NC(=O)COc2ccccc2C(C)(C)C)cc1. The van der Waals surface area contributed by atoms with E-state index in [1.54, 1.807) is 7.11 Å². The third-order valence-electron chi connectivity index (χ3n) is 3.91. The molecular formula is C21H26N2O3. The van der Waals surface area contributed by atoms with Gasteiger partial charge in [-0.1, -0.05) is 39.0 Å². The first-order chi connectivity index (χ1) is 12.3. The summed E-state index contributed by atoms with van der Waals surface area (Å²) < 4.78 is 10.8. The lowest BCUT2D eigenvalue weighted by Gasteiger charge is -2.22. The van der Waals surface area contributed by atoms with Crippen LogP contribution in [0.15, 0.2) is 53.6 Å². The smallest absolute Gasteiger partial charge is 0.277 e. The quantitative estimate of drug-likeness (QED) is 0.632. The Morgan fingerprint density at radius 2 is 1.73 bits per heavy atom. The Labute approximate surface area is 155 Å². The molecule has 0 atom stereocenters. The Morgan fingerprint density at radius 1 is 1.08 bits per heavy atom. The van der Waals surface area contributed by atoms with E-state index in [9.17, 15) is 4.79 Å². The van der Waals surface area contributed by atoms with Crippen LogP contribution in [0.25, 0.3) is 0 Å². The minimum absolute atomic E-state index is 0.0593. The van der Waals surface area contributed by atoms with Gasteiger partial charge in [-0.25, -0.2) is 5.43 Å². The number of carbonyl (C=O) groups excluding carboxylic acids is 1. The summed E-state index contributed by atoms with van der Waals surface area (Å²) in [6.45, 7) is 8.07. The predicted octanol–water partition coefficient (Wildman–Crippen LogP) is 3.91. The van der Waals surface area contributed by atoms with E-state index >= 15 is 0 Å². The molecule has 0 heterocycles. The zero-order valence-electron chi connectivity index (χ0n) is 16.0. The second-order valence-corrected chi connectivity index (χ2v) is 7.00. The van der Waals surface area contributed by atoms with Gasteiger partial charge in [-0.3, -0.25) is 4.79 Å². The van der Waals surface area contributed by atoms with Crippen molar-refractivity contribution in [1.29, 1.82) is 0 Å². The lowest BCUT2D eigenvalue weighted by molar-refractivity contribution is -0.123. The topological polar surface area (TPSA) is 59.9 Å². The molecule has 2 aromatic carbocycles. The van der Waals surface area contributed by atoms with Gasteiger partial charge in [0, 0.05) is 0 Å². The van der Waals surface area contributed by atoms with Crippen LogP contribution >= 0.6 is 0 Å². The van der Waals surface area contributed by atoms with Crippen molar-refractivity contribution in [3.05, 3.63) is 59.7 Å². The predicted molar refractivity (Wildman–Crippen MR) is 104 cm³/mol. The summed E-state index contributed by atoms with van der Waals surface area (Å²) in [7, 11) is 1.62. The number of nitrogens with zero attached hydrogens (tertiary/aromatic N) is 1. The maximum absolute atomic E-state index is 12.1. The van der Waals surface area contributed by atoms with E-state index < -0.39 is 0 Å². The summed E-state index contributed by atoms with van der Waals surface area (Å²) in [5, 5.41) is 4.13. The lowest BCUT2D eigenvalue weighted by Crippen LogP contribution is -2.26. The number of benzene rings is 2. The van der Waals surface area contributed by atoms with Crippen molar-refractivity contribution in [3.8, 4) is 11.5 Å². The maximum atomic E-state index is 12.1.